The Balaban J connectivity index is 1.69. The molecule has 1 aliphatic rings. The van der Waals surface area contributed by atoms with Gasteiger partial charge in [-0.3, -0.25) is 9.69 Å². The Bertz CT molecular complexity index is 895. The number of nitrogens with one attached hydrogen (secondary N) is 1. The van der Waals surface area contributed by atoms with Gasteiger partial charge in [0.1, 0.15) is 11.8 Å². The number of ether oxygens (including phenoxy) is 2. The van der Waals surface area contributed by atoms with E-state index in [1.807, 2.05) is 24.3 Å². The molecule has 7 nitrogen and oxygen atoms in total. The maximum atomic E-state index is 12.9. The fourth-order valence-electron chi connectivity index (χ4n) is 3.65. The zero-order chi connectivity index (χ0) is 20.8. The Morgan fingerprint density at radius 3 is 2.72 bits per heavy atom. The predicted molar refractivity (Wildman–Crippen MR) is 111 cm³/mol. The topological polar surface area (TPSA) is 101 Å². The molecule has 1 saturated heterocycles. The first-order valence-electron chi connectivity index (χ1n) is 9.53. The zero-order valence-corrected chi connectivity index (χ0v) is 16.7. The summed E-state index contributed by atoms with van der Waals surface area (Å²) < 4.78 is 11.0. The molecule has 7 heteroatoms. The van der Waals surface area contributed by atoms with E-state index in [1.54, 1.807) is 7.11 Å². The lowest BCUT2D eigenvalue weighted by molar-refractivity contribution is 0.00387. The molecule has 0 spiro atoms. The largest absolute Gasteiger partial charge is 0.496 e. The van der Waals surface area contributed by atoms with Gasteiger partial charge in [0.25, 0.3) is 5.91 Å². The van der Waals surface area contributed by atoms with Crippen LogP contribution < -0.4 is 15.8 Å². The van der Waals surface area contributed by atoms with Crippen LogP contribution in [0.25, 0.3) is 0 Å². The van der Waals surface area contributed by atoms with Crippen molar-refractivity contribution in [2.75, 3.05) is 33.0 Å². The van der Waals surface area contributed by atoms with Crippen LogP contribution in [0.5, 0.6) is 5.75 Å². The molecule has 3 rings (SSSR count). The molecule has 3 N–H and O–H groups in total. The highest BCUT2D eigenvalue weighted by Gasteiger charge is 2.31. The average molecular weight is 394 g/mol. The fraction of sp³-hybridized carbons (Fsp3) is 0.364. The van der Waals surface area contributed by atoms with Crippen molar-refractivity contribution in [1.29, 1.82) is 5.26 Å². The van der Waals surface area contributed by atoms with E-state index in [1.165, 1.54) is 24.8 Å². The maximum absolute atomic E-state index is 12.9. The molecule has 0 aliphatic carbocycles. The van der Waals surface area contributed by atoms with Gasteiger partial charge in [-0.15, -0.1) is 0 Å². The number of carbonyl (C=O) groups is 1. The molecule has 0 saturated carbocycles. The number of anilines is 1. The lowest BCUT2D eigenvalue weighted by Crippen LogP contribution is -2.54. The summed E-state index contributed by atoms with van der Waals surface area (Å²) in [6.45, 7) is 2.42. The third-order valence-corrected chi connectivity index (χ3v) is 5.25. The standard InChI is InChI=1S/C22H26N4O3/c1-28-20-11-18(24)16(12-23)10-17(20)22(27)25-19-8-9-26(14-21(19)29-2)13-15-6-4-3-5-7-15/h3-7,10-11,19,21H,8-9,13-14,24H2,1-2H3,(H,25,27). The lowest BCUT2D eigenvalue weighted by atomic mass is 9.99. The van der Waals surface area contributed by atoms with Gasteiger partial charge in [-0.05, 0) is 18.1 Å². The van der Waals surface area contributed by atoms with Crippen molar-refractivity contribution >= 4 is 11.6 Å². The summed E-state index contributed by atoms with van der Waals surface area (Å²) in [5, 5.41) is 12.3. The van der Waals surface area contributed by atoms with Crippen molar-refractivity contribution in [3.63, 3.8) is 0 Å². The van der Waals surface area contributed by atoms with Gasteiger partial charge in [0.05, 0.1) is 36.1 Å². The quantitative estimate of drug-likeness (QED) is 0.729. The second-order valence-corrected chi connectivity index (χ2v) is 7.12. The highest BCUT2D eigenvalue weighted by atomic mass is 16.5. The number of likely N-dealkylation sites (tertiary alicyclic amines) is 1. The molecule has 1 aliphatic heterocycles. The minimum Gasteiger partial charge on any atom is -0.496 e. The molecule has 2 aromatic rings. The van der Waals surface area contributed by atoms with Gasteiger partial charge < -0.3 is 20.5 Å². The van der Waals surface area contributed by atoms with E-state index in [4.69, 9.17) is 15.2 Å². The minimum atomic E-state index is -0.304. The van der Waals surface area contributed by atoms with Crippen LogP contribution in [0.1, 0.15) is 27.9 Å². The monoisotopic (exact) mass is 394 g/mol. The van der Waals surface area contributed by atoms with Gasteiger partial charge in [0, 0.05) is 32.8 Å². The number of hydrogen-bond acceptors (Lipinski definition) is 6. The third kappa shape index (κ3) is 4.86. The van der Waals surface area contributed by atoms with Crippen LogP contribution in [0.15, 0.2) is 42.5 Å². The second-order valence-electron chi connectivity index (χ2n) is 7.12. The van der Waals surface area contributed by atoms with Crippen molar-refractivity contribution in [1.82, 2.24) is 10.2 Å². The van der Waals surface area contributed by atoms with E-state index in [9.17, 15) is 10.1 Å². The molecular weight excluding hydrogens is 368 g/mol. The smallest absolute Gasteiger partial charge is 0.255 e. The molecule has 0 radical (unpaired) electrons. The fourth-order valence-corrected chi connectivity index (χ4v) is 3.65. The van der Waals surface area contributed by atoms with Gasteiger partial charge >= 0.3 is 0 Å². The van der Waals surface area contributed by atoms with Crippen LogP contribution >= 0.6 is 0 Å². The van der Waals surface area contributed by atoms with Crippen LogP contribution in [-0.4, -0.2) is 50.3 Å². The van der Waals surface area contributed by atoms with Gasteiger partial charge in [-0.25, -0.2) is 0 Å². The normalized spacial score (nSPS) is 19.3. The van der Waals surface area contributed by atoms with Crippen molar-refractivity contribution < 1.29 is 14.3 Å². The number of piperidine rings is 1. The number of hydrogen-bond donors (Lipinski definition) is 2. The Morgan fingerprint density at radius 1 is 1.31 bits per heavy atom. The SMILES string of the molecule is COc1cc(N)c(C#N)cc1C(=O)NC1CCN(Cc2ccccc2)CC1OC. The van der Waals surface area contributed by atoms with E-state index < -0.39 is 0 Å². The van der Waals surface area contributed by atoms with Crippen LogP contribution in [0.4, 0.5) is 5.69 Å². The summed E-state index contributed by atoms with van der Waals surface area (Å²) in [6.07, 6.45) is 0.631. The summed E-state index contributed by atoms with van der Waals surface area (Å²) in [7, 11) is 3.13. The molecule has 1 heterocycles. The molecule has 29 heavy (non-hydrogen) atoms. The van der Waals surface area contributed by atoms with Gasteiger partial charge in [-0.1, -0.05) is 30.3 Å². The molecule has 1 fully saturated rings. The molecule has 152 valence electrons. The predicted octanol–water partition coefficient (Wildman–Crippen LogP) is 2.17. The summed E-state index contributed by atoms with van der Waals surface area (Å²) >= 11 is 0. The van der Waals surface area contributed by atoms with E-state index >= 15 is 0 Å². The molecule has 2 atom stereocenters. The Labute approximate surface area is 171 Å². The van der Waals surface area contributed by atoms with Gasteiger partial charge in [0.2, 0.25) is 0 Å². The van der Waals surface area contributed by atoms with Gasteiger partial charge in [-0.2, -0.15) is 5.26 Å². The average Bonchev–Trinajstić information content (AvgIpc) is 2.75. The Hall–Kier alpha value is -3.08. The first kappa shape index (κ1) is 20.6. The van der Waals surface area contributed by atoms with E-state index in [-0.39, 0.29) is 29.3 Å². The second kappa shape index (κ2) is 9.41. The molecular formula is C22H26N4O3. The van der Waals surface area contributed by atoms with Crippen LogP contribution in [0.3, 0.4) is 0 Å². The number of methoxy groups -OCH3 is 2. The maximum Gasteiger partial charge on any atom is 0.255 e. The van der Waals surface area contributed by atoms with Crippen LogP contribution in [0, 0.1) is 11.3 Å². The van der Waals surface area contributed by atoms with Crippen molar-refractivity contribution in [3.05, 3.63) is 59.2 Å². The highest BCUT2D eigenvalue weighted by molar-refractivity contribution is 5.98. The Kier molecular flexibility index (Phi) is 6.70. The lowest BCUT2D eigenvalue weighted by Gasteiger charge is -2.38. The number of carbonyl (C=O) groups excluding carboxylic acids is 1. The minimum absolute atomic E-state index is 0.132. The number of nitrogens with zero attached hydrogens (tertiary/aromatic N) is 2. The first-order valence-corrected chi connectivity index (χ1v) is 9.53. The summed E-state index contributed by atoms with van der Waals surface area (Å²) in [6, 6.07) is 15.1. The van der Waals surface area contributed by atoms with Crippen LogP contribution in [-0.2, 0) is 11.3 Å². The summed E-state index contributed by atoms with van der Waals surface area (Å²) in [5.74, 6) is 0.0383. The number of nitrogen functional groups attached to an aromatic ring is 1. The number of amides is 1. The summed E-state index contributed by atoms with van der Waals surface area (Å²) in [4.78, 5) is 15.2. The number of nitrogens with two attached hydrogens (primary N) is 1. The van der Waals surface area contributed by atoms with Crippen molar-refractivity contribution in [2.24, 2.45) is 0 Å². The number of rotatable bonds is 6. The van der Waals surface area contributed by atoms with Crippen molar-refractivity contribution in [2.45, 2.75) is 25.1 Å². The van der Waals surface area contributed by atoms with Crippen molar-refractivity contribution in [3.8, 4) is 11.8 Å². The molecule has 0 bridgehead atoms. The van der Waals surface area contributed by atoms with Crippen LogP contribution in [0.2, 0.25) is 0 Å². The molecule has 2 unspecified atom stereocenters. The first-order chi connectivity index (χ1) is 14.0. The Morgan fingerprint density at radius 2 is 2.07 bits per heavy atom. The number of benzene rings is 2. The zero-order valence-electron chi connectivity index (χ0n) is 16.7. The molecule has 0 aromatic heterocycles. The number of nitriles is 1. The third-order valence-electron chi connectivity index (χ3n) is 5.25. The molecule has 2 aromatic carbocycles. The molecule has 1 amide bonds. The van der Waals surface area contributed by atoms with Gasteiger partial charge in [0.15, 0.2) is 0 Å². The van der Waals surface area contributed by atoms with E-state index in [0.717, 1.165) is 26.1 Å². The summed E-state index contributed by atoms with van der Waals surface area (Å²) in [5.41, 5.74) is 7.89. The van der Waals surface area contributed by atoms with E-state index in [0.29, 0.717) is 11.3 Å². The van der Waals surface area contributed by atoms with E-state index in [2.05, 4.69) is 22.3 Å². The highest BCUT2D eigenvalue weighted by Crippen LogP contribution is 2.26.